The zero-order valence-corrected chi connectivity index (χ0v) is 15.3. The van der Waals surface area contributed by atoms with Crippen molar-refractivity contribution in [2.75, 3.05) is 43.1 Å². The van der Waals surface area contributed by atoms with E-state index >= 15 is 0 Å². The van der Waals surface area contributed by atoms with Crippen molar-refractivity contribution in [3.63, 3.8) is 0 Å². The lowest BCUT2D eigenvalue weighted by Gasteiger charge is -2.42. The van der Waals surface area contributed by atoms with E-state index in [1.165, 1.54) is 12.0 Å². The average molecular weight is 376 g/mol. The lowest BCUT2D eigenvalue weighted by molar-refractivity contribution is 0.122. The van der Waals surface area contributed by atoms with Gasteiger partial charge in [-0.2, -0.15) is 9.97 Å². The van der Waals surface area contributed by atoms with Gasteiger partial charge in [-0.05, 0) is 30.5 Å². The molecular weight excluding hydrogens is 354 g/mol. The molecule has 2 fully saturated rings. The van der Waals surface area contributed by atoms with Gasteiger partial charge in [-0.25, -0.2) is 4.79 Å². The largest absolute Gasteiger partial charge is 0.378 e. The highest BCUT2D eigenvalue weighted by molar-refractivity contribution is 6.30. The van der Waals surface area contributed by atoms with Crippen LogP contribution in [0.4, 0.5) is 11.9 Å². The van der Waals surface area contributed by atoms with E-state index in [1.807, 2.05) is 23.1 Å². The lowest BCUT2D eigenvalue weighted by Crippen LogP contribution is -2.42. The van der Waals surface area contributed by atoms with Gasteiger partial charge >= 0.3 is 5.69 Å². The summed E-state index contributed by atoms with van der Waals surface area (Å²) in [4.78, 5) is 25.1. The van der Waals surface area contributed by atoms with E-state index in [1.54, 1.807) is 0 Å². The molecular formula is C18H22ClN5O2. The second-order valence-electron chi connectivity index (χ2n) is 6.90. The molecule has 26 heavy (non-hydrogen) atoms. The molecule has 1 aromatic carbocycles. The molecule has 0 bridgehead atoms. The van der Waals surface area contributed by atoms with Gasteiger partial charge < -0.3 is 15.0 Å². The van der Waals surface area contributed by atoms with E-state index in [2.05, 4.69) is 26.3 Å². The van der Waals surface area contributed by atoms with Crippen molar-refractivity contribution in [2.24, 2.45) is 0 Å². The molecule has 2 aliphatic rings. The number of halogens is 1. The van der Waals surface area contributed by atoms with Crippen molar-refractivity contribution in [2.45, 2.75) is 24.7 Å². The molecule has 0 radical (unpaired) electrons. The van der Waals surface area contributed by atoms with Crippen LogP contribution >= 0.6 is 11.6 Å². The number of aromatic amines is 1. The number of hydrogen-bond donors (Lipinski definition) is 2. The molecule has 8 heteroatoms. The second-order valence-corrected chi connectivity index (χ2v) is 7.34. The van der Waals surface area contributed by atoms with Crippen molar-refractivity contribution in [1.82, 2.24) is 15.0 Å². The number of rotatable bonds is 5. The first-order valence-electron chi connectivity index (χ1n) is 8.96. The number of hydrogen-bond acceptors (Lipinski definition) is 6. The van der Waals surface area contributed by atoms with Crippen LogP contribution in [0.3, 0.4) is 0 Å². The Morgan fingerprint density at radius 1 is 1.27 bits per heavy atom. The summed E-state index contributed by atoms with van der Waals surface area (Å²) in [6.45, 7) is 3.32. The number of benzene rings is 1. The van der Waals surface area contributed by atoms with Gasteiger partial charge in [0, 0.05) is 30.1 Å². The molecule has 0 amide bonds. The van der Waals surface area contributed by atoms with Gasteiger partial charge in [0.05, 0.1) is 13.2 Å². The molecule has 0 atom stereocenters. The molecule has 138 valence electrons. The molecule has 4 rings (SSSR count). The fourth-order valence-corrected chi connectivity index (χ4v) is 3.79. The molecule has 1 saturated carbocycles. The molecule has 1 saturated heterocycles. The Labute approximate surface area is 156 Å². The van der Waals surface area contributed by atoms with E-state index in [0.717, 1.165) is 17.9 Å². The van der Waals surface area contributed by atoms with Crippen molar-refractivity contribution in [3.8, 4) is 0 Å². The van der Waals surface area contributed by atoms with E-state index in [4.69, 9.17) is 16.3 Å². The summed E-state index contributed by atoms with van der Waals surface area (Å²) < 4.78 is 5.35. The summed E-state index contributed by atoms with van der Waals surface area (Å²) in [5.41, 5.74) is 0.870. The Bertz CT molecular complexity index is 830. The quantitative estimate of drug-likeness (QED) is 0.833. The van der Waals surface area contributed by atoms with Crippen LogP contribution in [0.1, 0.15) is 24.8 Å². The Balaban J connectivity index is 1.52. The molecule has 2 aromatic rings. The third kappa shape index (κ3) is 3.54. The van der Waals surface area contributed by atoms with Gasteiger partial charge in [-0.1, -0.05) is 30.2 Å². The summed E-state index contributed by atoms with van der Waals surface area (Å²) in [5, 5.41) is 4.07. The molecule has 2 heterocycles. The Morgan fingerprint density at radius 3 is 2.77 bits per heavy atom. The topological polar surface area (TPSA) is 83.1 Å². The minimum atomic E-state index is -0.394. The molecule has 1 aliphatic heterocycles. The zero-order valence-electron chi connectivity index (χ0n) is 14.5. The number of morpholine rings is 1. The summed E-state index contributed by atoms with van der Waals surface area (Å²) >= 11 is 6.17. The van der Waals surface area contributed by atoms with E-state index < -0.39 is 5.69 Å². The van der Waals surface area contributed by atoms with Gasteiger partial charge in [0.1, 0.15) is 0 Å². The van der Waals surface area contributed by atoms with E-state index in [9.17, 15) is 4.79 Å². The van der Waals surface area contributed by atoms with Crippen molar-refractivity contribution in [3.05, 3.63) is 45.3 Å². The Kier molecular flexibility index (Phi) is 4.82. The lowest BCUT2D eigenvalue weighted by atomic mass is 9.64. The summed E-state index contributed by atoms with van der Waals surface area (Å²) in [6.07, 6.45) is 3.37. The van der Waals surface area contributed by atoms with Gasteiger partial charge in [-0.15, -0.1) is 0 Å². The van der Waals surface area contributed by atoms with Crippen LogP contribution in [-0.2, 0) is 10.2 Å². The van der Waals surface area contributed by atoms with Gasteiger partial charge in [0.15, 0.2) is 0 Å². The summed E-state index contributed by atoms with van der Waals surface area (Å²) in [7, 11) is 0. The van der Waals surface area contributed by atoms with Gasteiger partial charge in [0.2, 0.25) is 11.9 Å². The minimum Gasteiger partial charge on any atom is -0.378 e. The molecule has 0 spiro atoms. The molecule has 1 aromatic heterocycles. The maximum Gasteiger partial charge on any atom is 0.350 e. The van der Waals surface area contributed by atoms with Crippen LogP contribution < -0.4 is 15.9 Å². The van der Waals surface area contributed by atoms with Crippen LogP contribution in [0.25, 0.3) is 0 Å². The predicted molar refractivity (Wildman–Crippen MR) is 101 cm³/mol. The maximum atomic E-state index is 12.0. The second kappa shape index (κ2) is 7.25. The monoisotopic (exact) mass is 375 g/mol. The predicted octanol–water partition coefficient (Wildman–Crippen LogP) is 2.19. The zero-order chi connectivity index (χ0) is 18.0. The van der Waals surface area contributed by atoms with Crippen molar-refractivity contribution < 1.29 is 4.74 Å². The fraction of sp³-hybridized carbons (Fsp3) is 0.500. The maximum absolute atomic E-state index is 12.0. The third-order valence-corrected chi connectivity index (χ3v) is 5.51. The SMILES string of the molecule is O=c1nc(N2CCOCC2)nc(NCC2(c3cccc(Cl)c3)CCC2)[nH]1. The molecule has 2 N–H and O–H groups in total. The average Bonchev–Trinajstić information content (AvgIpc) is 2.61. The summed E-state index contributed by atoms with van der Waals surface area (Å²) in [6, 6.07) is 8.03. The number of aromatic nitrogens is 3. The highest BCUT2D eigenvalue weighted by Crippen LogP contribution is 2.44. The van der Waals surface area contributed by atoms with Crippen LogP contribution in [0, 0.1) is 0 Å². The van der Waals surface area contributed by atoms with E-state index in [0.29, 0.717) is 44.7 Å². The first-order chi connectivity index (χ1) is 12.6. The Hall–Kier alpha value is -2.12. The number of nitrogens with one attached hydrogen (secondary N) is 2. The minimum absolute atomic E-state index is 0.0336. The van der Waals surface area contributed by atoms with Crippen LogP contribution in [-0.4, -0.2) is 47.8 Å². The first-order valence-corrected chi connectivity index (χ1v) is 9.33. The van der Waals surface area contributed by atoms with Gasteiger partial charge in [0.25, 0.3) is 0 Å². The number of anilines is 2. The van der Waals surface area contributed by atoms with Crippen LogP contribution in [0.5, 0.6) is 0 Å². The van der Waals surface area contributed by atoms with Gasteiger partial charge in [-0.3, -0.25) is 4.98 Å². The fourth-order valence-electron chi connectivity index (χ4n) is 3.60. The number of ether oxygens (including phenoxy) is 1. The third-order valence-electron chi connectivity index (χ3n) is 5.27. The highest BCUT2D eigenvalue weighted by atomic mass is 35.5. The van der Waals surface area contributed by atoms with Crippen molar-refractivity contribution in [1.29, 1.82) is 0 Å². The summed E-state index contributed by atoms with van der Waals surface area (Å²) in [5.74, 6) is 0.907. The highest BCUT2D eigenvalue weighted by Gasteiger charge is 2.38. The van der Waals surface area contributed by atoms with E-state index in [-0.39, 0.29) is 5.41 Å². The number of H-pyrrole nitrogens is 1. The van der Waals surface area contributed by atoms with Crippen LogP contribution in [0.2, 0.25) is 5.02 Å². The molecule has 0 unspecified atom stereocenters. The molecule has 1 aliphatic carbocycles. The normalized spacial score (nSPS) is 19.0. The Morgan fingerprint density at radius 2 is 2.08 bits per heavy atom. The number of nitrogens with zero attached hydrogens (tertiary/aromatic N) is 3. The standard InChI is InChI=1S/C18H22ClN5O2/c19-14-4-1-3-13(11-14)18(5-2-6-18)12-20-15-21-16(23-17(25)22-15)24-7-9-26-10-8-24/h1,3-4,11H,2,5-10,12H2,(H2,20,21,22,23,25). The smallest absolute Gasteiger partial charge is 0.350 e. The van der Waals surface area contributed by atoms with Crippen molar-refractivity contribution >= 4 is 23.5 Å². The van der Waals surface area contributed by atoms with Crippen LogP contribution in [0.15, 0.2) is 29.1 Å². The first kappa shape index (κ1) is 17.3. The molecule has 7 nitrogen and oxygen atoms in total.